The van der Waals surface area contributed by atoms with E-state index in [-0.39, 0.29) is 0 Å². The SMILES string of the molecule is CCCc1c(N)noc1-c1cc2cc(C)ccc2o1. The zero-order chi connectivity index (χ0) is 13.4. The minimum Gasteiger partial charge on any atom is -0.453 e. The Morgan fingerprint density at radius 2 is 2.11 bits per heavy atom. The molecule has 0 aliphatic rings. The molecule has 4 nitrogen and oxygen atoms in total. The quantitative estimate of drug-likeness (QED) is 0.771. The first-order chi connectivity index (χ1) is 9.19. The van der Waals surface area contributed by atoms with Gasteiger partial charge < -0.3 is 14.7 Å². The molecule has 2 aromatic heterocycles. The third-order valence-corrected chi connectivity index (χ3v) is 3.21. The van der Waals surface area contributed by atoms with Crippen molar-refractivity contribution in [1.82, 2.24) is 5.16 Å². The number of rotatable bonds is 3. The van der Waals surface area contributed by atoms with E-state index in [0.29, 0.717) is 17.3 Å². The Hall–Kier alpha value is -2.23. The minimum atomic E-state index is 0.452. The monoisotopic (exact) mass is 256 g/mol. The number of nitrogen functional groups attached to an aromatic ring is 1. The van der Waals surface area contributed by atoms with Gasteiger partial charge in [-0.2, -0.15) is 0 Å². The summed E-state index contributed by atoms with van der Waals surface area (Å²) in [5.41, 5.74) is 8.81. The van der Waals surface area contributed by atoms with Crippen LogP contribution in [0, 0.1) is 6.92 Å². The molecule has 0 spiro atoms. The number of benzene rings is 1. The Morgan fingerprint density at radius 3 is 2.89 bits per heavy atom. The lowest BCUT2D eigenvalue weighted by Gasteiger charge is -1.96. The number of aromatic nitrogens is 1. The van der Waals surface area contributed by atoms with E-state index in [1.165, 1.54) is 5.56 Å². The minimum absolute atomic E-state index is 0.452. The molecular weight excluding hydrogens is 240 g/mol. The van der Waals surface area contributed by atoms with Gasteiger partial charge in [-0.3, -0.25) is 0 Å². The Kier molecular flexibility index (Phi) is 2.78. The summed E-state index contributed by atoms with van der Waals surface area (Å²) in [6.45, 7) is 4.15. The summed E-state index contributed by atoms with van der Waals surface area (Å²) >= 11 is 0. The molecule has 1 aromatic carbocycles. The van der Waals surface area contributed by atoms with Crippen molar-refractivity contribution in [2.24, 2.45) is 0 Å². The summed E-state index contributed by atoms with van der Waals surface area (Å²) < 4.78 is 11.1. The fourth-order valence-corrected chi connectivity index (χ4v) is 2.28. The van der Waals surface area contributed by atoms with Crippen LogP contribution in [-0.4, -0.2) is 5.16 Å². The van der Waals surface area contributed by atoms with Gasteiger partial charge in [0.05, 0.1) is 0 Å². The van der Waals surface area contributed by atoms with Gasteiger partial charge >= 0.3 is 0 Å². The van der Waals surface area contributed by atoms with Gasteiger partial charge in [-0.25, -0.2) is 0 Å². The van der Waals surface area contributed by atoms with E-state index in [4.69, 9.17) is 14.7 Å². The van der Waals surface area contributed by atoms with E-state index >= 15 is 0 Å². The second-order valence-electron chi connectivity index (χ2n) is 4.78. The first-order valence-electron chi connectivity index (χ1n) is 6.43. The Balaban J connectivity index is 2.13. The zero-order valence-corrected chi connectivity index (χ0v) is 11.1. The number of aryl methyl sites for hydroxylation is 1. The molecule has 0 amide bonds. The van der Waals surface area contributed by atoms with Crippen molar-refractivity contribution in [3.05, 3.63) is 35.4 Å². The molecule has 2 heterocycles. The van der Waals surface area contributed by atoms with Gasteiger partial charge in [0, 0.05) is 10.9 Å². The average molecular weight is 256 g/mol. The highest BCUT2D eigenvalue weighted by molar-refractivity contribution is 5.83. The number of hydrogen-bond donors (Lipinski definition) is 1. The lowest BCUT2D eigenvalue weighted by molar-refractivity contribution is 0.423. The molecule has 0 saturated heterocycles. The molecule has 0 aliphatic heterocycles. The molecular formula is C15H16N2O2. The van der Waals surface area contributed by atoms with Crippen LogP contribution >= 0.6 is 0 Å². The number of furan rings is 1. The summed E-state index contributed by atoms with van der Waals surface area (Å²) in [4.78, 5) is 0. The van der Waals surface area contributed by atoms with E-state index in [0.717, 1.165) is 29.4 Å². The maximum atomic E-state index is 5.84. The van der Waals surface area contributed by atoms with Crippen LogP contribution in [0.4, 0.5) is 5.82 Å². The summed E-state index contributed by atoms with van der Waals surface area (Å²) in [5.74, 6) is 1.79. The maximum Gasteiger partial charge on any atom is 0.207 e. The van der Waals surface area contributed by atoms with Crippen molar-refractivity contribution in [1.29, 1.82) is 0 Å². The second-order valence-corrected chi connectivity index (χ2v) is 4.78. The van der Waals surface area contributed by atoms with Crippen LogP contribution in [0.25, 0.3) is 22.5 Å². The van der Waals surface area contributed by atoms with Crippen LogP contribution in [0.15, 0.2) is 33.2 Å². The molecule has 0 aliphatic carbocycles. The standard InChI is InChI=1S/C15H16N2O2/c1-3-4-11-14(19-17-15(11)16)13-8-10-7-9(2)5-6-12(10)18-13/h5-8H,3-4H2,1-2H3,(H2,16,17). The molecule has 98 valence electrons. The van der Waals surface area contributed by atoms with Crippen molar-refractivity contribution in [2.45, 2.75) is 26.7 Å². The molecule has 0 bridgehead atoms. The highest BCUT2D eigenvalue weighted by atomic mass is 16.5. The third-order valence-electron chi connectivity index (χ3n) is 3.21. The lowest BCUT2D eigenvalue weighted by Crippen LogP contribution is -1.92. The summed E-state index contributed by atoms with van der Waals surface area (Å²) in [5, 5.41) is 4.90. The van der Waals surface area contributed by atoms with Crippen molar-refractivity contribution in [3.63, 3.8) is 0 Å². The topological polar surface area (TPSA) is 65.2 Å². The predicted octanol–water partition coefficient (Wildman–Crippen LogP) is 3.93. The molecule has 4 heteroatoms. The van der Waals surface area contributed by atoms with Crippen LogP contribution in [0.2, 0.25) is 0 Å². The van der Waals surface area contributed by atoms with Crippen LogP contribution in [0.3, 0.4) is 0 Å². The number of hydrogen-bond acceptors (Lipinski definition) is 4. The van der Waals surface area contributed by atoms with E-state index in [1.54, 1.807) is 0 Å². The summed E-state index contributed by atoms with van der Waals surface area (Å²) in [7, 11) is 0. The smallest absolute Gasteiger partial charge is 0.207 e. The van der Waals surface area contributed by atoms with Crippen molar-refractivity contribution in [3.8, 4) is 11.5 Å². The van der Waals surface area contributed by atoms with Crippen LogP contribution in [0.1, 0.15) is 24.5 Å². The molecule has 0 fully saturated rings. The molecule has 3 rings (SSSR count). The van der Waals surface area contributed by atoms with Crippen molar-refractivity contribution in [2.75, 3.05) is 5.73 Å². The van der Waals surface area contributed by atoms with E-state index < -0.39 is 0 Å². The first-order valence-corrected chi connectivity index (χ1v) is 6.43. The second kappa shape index (κ2) is 4.46. The van der Waals surface area contributed by atoms with Gasteiger partial charge in [0.2, 0.25) is 5.76 Å². The molecule has 0 radical (unpaired) electrons. The van der Waals surface area contributed by atoms with E-state index in [1.807, 2.05) is 18.2 Å². The number of nitrogens with zero attached hydrogens (tertiary/aromatic N) is 1. The number of anilines is 1. The molecule has 0 unspecified atom stereocenters. The molecule has 0 saturated carbocycles. The van der Waals surface area contributed by atoms with Gasteiger partial charge in [0.25, 0.3) is 0 Å². The first kappa shape index (κ1) is 11.8. The molecule has 19 heavy (non-hydrogen) atoms. The van der Waals surface area contributed by atoms with E-state index in [2.05, 4.69) is 25.1 Å². The fraction of sp³-hybridized carbons (Fsp3) is 0.267. The largest absolute Gasteiger partial charge is 0.453 e. The third kappa shape index (κ3) is 1.99. The lowest BCUT2D eigenvalue weighted by atomic mass is 10.1. The van der Waals surface area contributed by atoms with Crippen molar-refractivity contribution < 1.29 is 8.94 Å². The number of nitrogens with two attached hydrogens (primary N) is 1. The van der Waals surface area contributed by atoms with Crippen LogP contribution in [0.5, 0.6) is 0 Å². The van der Waals surface area contributed by atoms with Crippen LogP contribution in [-0.2, 0) is 6.42 Å². The van der Waals surface area contributed by atoms with Gasteiger partial charge in [0.1, 0.15) is 5.58 Å². The highest BCUT2D eigenvalue weighted by Crippen LogP contribution is 2.33. The van der Waals surface area contributed by atoms with Crippen molar-refractivity contribution >= 4 is 16.8 Å². The fourth-order valence-electron chi connectivity index (χ4n) is 2.28. The average Bonchev–Trinajstić information content (AvgIpc) is 2.94. The molecule has 2 N–H and O–H groups in total. The van der Waals surface area contributed by atoms with Gasteiger partial charge in [-0.05, 0) is 31.5 Å². The zero-order valence-electron chi connectivity index (χ0n) is 11.1. The Morgan fingerprint density at radius 1 is 1.26 bits per heavy atom. The van der Waals surface area contributed by atoms with Gasteiger partial charge in [-0.1, -0.05) is 30.1 Å². The Bertz CT molecular complexity index is 725. The van der Waals surface area contributed by atoms with E-state index in [9.17, 15) is 0 Å². The molecule has 3 aromatic rings. The van der Waals surface area contributed by atoms with Gasteiger partial charge in [-0.15, -0.1) is 0 Å². The Labute approximate surface area is 111 Å². The summed E-state index contributed by atoms with van der Waals surface area (Å²) in [6.07, 6.45) is 1.82. The predicted molar refractivity (Wildman–Crippen MR) is 74.9 cm³/mol. The highest BCUT2D eigenvalue weighted by Gasteiger charge is 2.18. The normalized spacial score (nSPS) is 11.3. The van der Waals surface area contributed by atoms with Crippen LogP contribution < -0.4 is 5.73 Å². The number of fused-ring (bicyclic) bond motifs is 1. The maximum absolute atomic E-state index is 5.84. The summed E-state index contributed by atoms with van der Waals surface area (Å²) in [6, 6.07) is 8.05. The van der Waals surface area contributed by atoms with Gasteiger partial charge in [0.15, 0.2) is 11.6 Å². The molecule has 0 atom stereocenters.